The average Bonchev–Trinajstić information content (AvgIpc) is 3.15. The van der Waals surface area contributed by atoms with Crippen LogP contribution in [0, 0.1) is 0 Å². The van der Waals surface area contributed by atoms with Crippen LogP contribution in [-0.2, 0) is 13.2 Å². The molecule has 0 spiro atoms. The van der Waals surface area contributed by atoms with Crippen LogP contribution in [0.1, 0.15) is 18.1 Å². The number of ether oxygens (including phenoxy) is 2. The van der Waals surface area contributed by atoms with Crippen LogP contribution >= 0.6 is 27.3 Å². The number of nitrogens with zero attached hydrogens (tertiary/aromatic N) is 1. The quantitative estimate of drug-likeness (QED) is 0.524. The second-order valence-corrected chi connectivity index (χ2v) is 7.04. The number of nitrogens with one attached hydrogen (secondary N) is 1. The summed E-state index contributed by atoms with van der Waals surface area (Å²) in [6.45, 7) is 3.72. The molecule has 130 valence electrons. The minimum atomic E-state index is 0.504. The first-order valence-electron chi connectivity index (χ1n) is 8.01. The van der Waals surface area contributed by atoms with Gasteiger partial charge < -0.3 is 14.8 Å². The van der Waals surface area contributed by atoms with Gasteiger partial charge in [-0.05, 0) is 30.2 Å². The Morgan fingerprint density at radius 2 is 1.92 bits per heavy atom. The summed E-state index contributed by atoms with van der Waals surface area (Å²) in [7, 11) is 0. The number of anilines is 1. The highest BCUT2D eigenvalue weighted by Crippen LogP contribution is 2.35. The Hall–Kier alpha value is -2.05. The van der Waals surface area contributed by atoms with Crippen LogP contribution < -0.4 is 14.8 Å². The third kappa shape index (κ3) is 4.96. The first-order chi connectivity index (χ1) is 12.3. The summed E-state index contributed by atoms with van der Waals surface area (Å²) in [4.78, 5) is 4.24. The molecule has 0 aliphatic heterocycles. The van der Waals surface area contributed by atoms with Gasteiger partial charge in [-0.15, -0.1) is 11.3 Å². The number of thiazole rings is 1. The van der Waals surface area contributed by atoms with Crippen molar-refractivity contribution < 1.29 is 9.47 Å². The number of aromatic nitrogens is 1. The van der Waals surface area contributed by atoms with Crippen molar-refractivity contribution in [3.05, 3.63) is 69.6 Å². The van der Waals surface area contributed by atoms with Crippen molar-refractivity contribution >= 4 is 32.4 Å². The molecule has 0 unspecified atom stereocenters. The van der Waals surface area contributed by atoms with E-state index in [4.69, 9.17) is 9.47 Å². The third-order valence-electron chi connectivity index (χ3n) is 3.51. The van der Waals surface area contributed by atoms with E-state index < -0.39 is 0 Å². The van der Waals surface area contributed by atoms with E-state index in [1.807, 2.05) is 54.8 Å². The van der Waals surface area contributed by atoms with Crippen LogP contribution in [-0.4, -0.2) is 11.6 Å². The lowest BCUT2D eigenvalue weighted by Crippen LogP contribution is -2.04. The second-order valence-electron chi connectivity index (χ2n) is 5.29. The van der Waals surface area contributed by atoms with Crippen LogP contribution in [0.4, 0.5) is 5.13 Å². The fourth-order valence-corrected chi connectivity index (χ4v) is 3.30. The highest BCUT2D eigenvalue weighted by Gasteiger charge is 2.11. The van der Waals surface area contributed by atoms with E-state index in [2.05, 4.69) is 26.2 Å². The van der Waals surface area contributed by atoms with Gasteiger partial charge in [0.2, 0.25) is 0 Å². The van der Waals surface area contributed by atoms with Gasteiger partial charge in [0.15, 0.2) is 16.6 Å². The van der Waals surface area contributed by atoms with Gasteiger partial charge in [0.1, 0.15) is 6.61 Å². The predicted octanol–water partition coefficient (Wildman–Crippen LogP) is 5.50. The summed E-state index contributed by atoms with van der Waals surface area (Å²) in [5.74, 6) is 1.48. The summed E-state index contributed by atoms with van der Waals surface area (Å²) in [6.07, 6.45) is 1.79. The Bertz CT molecular complexity index is 795. The average molecular weight is 419 g/mol. The standard InChI is InChI=1S/C19H19BrN2O2S/c1-2-23-17-10-15(12-22-19-21-8-9-25-19)16(20)11-18(17)24-13-14-6-4-3-5-7-14/h3-11H,2,12-13H2,1H3,(H,21,22). The molecular formula is C19H19BrN2O2S. The van der Waals surface area contributed by atoms with Gasteiger partial charge >= 0.3 is 0 Å². The van der Waals surface area contributed by atoms with Gasteiger partial charge in [-0.1, -0.05) is 46.3 Å². The van der Waals surface area contributed by atoms with E-state index in [1.54, 1.807) is 17.5 Å². The summed E-state index contributed by atoms with van der Waals surface area (Å²) in [5, 5.41) is 6.15. The third-order valence-corrected chi connectivity index (χ3v) is 4.98. The van der Waals surface area contributed by atoms with Gasteiger partial charge in [-0.25, -0.2) is 4.98 Å². The maximum Gasteiger partial charge on any atom is 0.182 e. The fraction of sp³-hybridized carbons (Fsp3) is 0.211. The monoisotopic (exact) mass is 418 g/mol. The van der Waals surface area contributed by atoms with Crippen LogP contribution in [0.3, 0.4) is 0 Å². The molecule has 0 fully saturated rings. The second kappa shape index (κ2) is 8.87. The molecular weight excluding hydrogens is 400 g/mol. The zero-order valence-corrected chi connectivity index (χ0v) is 16.3. The molecule has 0 bridgehead atoms. The van der Waals surface area contributed by atoms with E-state index in [1.165, 1.54) is 0 Å². The first-order valence-corrected chi connectivity index (χ1v) is 9.69. The molecule has 1 N–H and O–H groups in total. The molecule has 4 nitrogen and oxygen atoms in total. The highest BCUT2D eigenvalue weighted by molar-refractivity contribution is 9.10. The number of benzene rings is 2. The summed E-state index contributed by atoms with van der Waals surface area (Å²) in [5.41, 5.74) is 2.21. The van der Waals surface area contributed by atoms with Crippen LogP contribution in [0.5, 0.6) is 11.5 Å². The van der Waals surface area contributed by atoms with Crippen LogP contribution in [0.2, 0.25) is 0 Å². The molecule has 6 heteroatoms. The lowest BCUT2D eigenvalue weighted by atomic mass is 10.2. The van der Waals surface area contributed by atoms with Crippen molar-refractivity contribution in [3.8, 4) is 11.5 Å². The van der Waals surface area contributed by atoms with E-state index in [0.29, 0.717) is 19.8 Å². The molecule has 25 heavy (non-hydrogen) atoms. The van der Waals surface area contributed by atoms with Gasteiger partial charge in [0.25, 0.3) is 0 Å². The molecule has 2 aromatic carbocycles. The normalized spacial score (nSPS) is 10.5. The molecule has 1 heterocycles. The predicted molar refractivity (Wildman–Crippen MR) is 106 cm³/mol. The van der Waals surface area contributed by atoms with Gasteiger partial charge in [0, 0.05) is 22.6 Å². The highest BCUT2D eigenvalue weighted by atomic mass is 79.9. The van der Waals surface area contributed by atoms with Crippen LogP contribution in [0.25, 0.3) is 0 Å². The number of hydrogen-bond acceptors (Lipinski definition) is 5. The zero-order chi connectivity index (χ0) is 17.5. The minimum absolute atomic E-state index is 0.504. The van der Waals surface area contributed by atoms with Crippen molar-refractivity contribution in [2.45, 2.75) is 20.1 Å². The van der Waals surface area contributed by atoms with E-state index in [0.717, 1.165) is 32.2 Å². The summed E-state index contributed by atoms with van der Waals surface area (Å²) < 4.78 is 12.7. The Morgan fingerprint density at radius 3 is 2.64 bits per heavy atom. The Morgan fingerprint density at radius 1 is 1.12 bits per heavy atom. The Kier molecular flexibility index (Phi) is 6.30. The van der Waals surface area contributed by atoms with E-state index in [-0.39, 0.29) is 0 Å². The number of hydrogen-bond donors (Lipinski definition) is 1. The Balaban J connectivity index is 1.74. The van der Waals surface area contributed by atoms with Crippen molar-refractivity contribution in [2.75, 3.05) is 11.9 Å². The maximum absolute atomic E-state index is 5.98. The molecule has 0 radical (unpaired) electrons. The number of rotatable bonds is 8. The van der Waals surface area contributed by atoms with Gasteiger partial charge in [-0.2, -0.15) is 0 Å². The Labute approximate surface area is 160 Å². The molecule has 0 aliphatic rings. The lowest BCUT2D eigenvalue weighted by Gasteiger charge is -2.15. The molecule has 0 atom stereocenters. The van der Waals surface area contributed by atoms with Crippen molar-refractivity contribution in [1.29, 1.82) is 0 Å². The molecule has 1 aromatic heterocycles. The molecule has 3 rings (SSSR count). The topological polar surface area (TPSA) is 43.4 Å². The van der Waals surface area contributed by atoms with Gasteiger partial charge in [-0.3, -0.25) is 0 Å². The van der Waals surface area contributed by atoms with E-state index >= 15 is 0 Å². The lowest BCUT2D eigenvalue weighted by molar-refractivity contribution is 0.269. The molecule has 0 amide bonds. The fourth-order valence-electron chi connectivity index (χ4n) is 2.31. The van der Waals surface area contributed by atoms with Crippen molar-refractivity contribution in [1.82, 2.24) is 4.98 Å². The maximum atomic E-state index is 5.98. The van der Waals surface area contributed by atoms with E-state index in [9.17, 15) is 0 Å². The molecule has 0 aliphatic carbocycles. The number of halogens is 1. The van der Waals surface area contributed by atoms with Crippen molar-refractivity contribution in [3.63, 3.8) is 0 Å². The van der Waals surface area contributed by atoms with Crippen LogP contribution in [0.15, 0.2) is 58.5 Å². The smallest absolute Gasteiger partial charge is 0.182 e. The van der Waals surface area contributed by atoms with Crippen molar-refractivity contribution in [2.24, 2.45) is 0 Å². The first kappa shape index (κ1) is 17.8. The SMILES string of the molecule is CCOc1cc(CNc2nccs2)c(Br)cc1OCc1ccccc1. The molecule has 0 saturated carbocycles. The zero-order valence-electron chi connectivity index (χ0n) is 13.9. The summed E-state index contributed by atoms with van der Waals surface area (Å²) in [6, 6.07) is 14.1. The van der Waals surface area contributed by atoms with Gasteiger partial charge in [0.05, 0.1) is 6.61 Å². The molecule has 0 saturated heterocycles. The largest absolute Gasteiger partial charge is 0.490 e. The summed E-state index contributed by atoms with van der Waals surface area (Å²) >= 11 is 5.21. The molecule has 3 aromatic rings. The minimum Gasteiger partial charge on any atom is -0.490 e.